The molecule has 0 unspecified atom stereocenters. The molecule has 1 N–H and O–H groups in total. The zero-order valence-electron chi connectivity index (χ0n) is 15.2. The lowest BCUT2D eigenvalue weighted by molar-refractivity contribution is -0.137. The molecule has 9 heteroatoms. The average molecular weight is 388 g/mol. The van der Waals surface area contributed by atoms with Crippen molar-refractivity contribution in [2.45, 2.75) is 25.7 Å². The van der Waals surface area contributed by atoms with E-state index in [-0.39, 0.29) is 6.54 Å². The summed E-state index contributed by atoms with van der Waals surface area (Å²) in [7, 11) is 1.69. The minimum atomic E-state index is -4.42. The van der Waals surface area contributed by atoms with Gasteiger partial charge in [-0.15, -0.1) is 10.2 Å². The van der Waals surface area contributed by atoms with Crippen LogP contribution in [0.3, 0.4) is 0 Å². The third-order valence-electron chi connectivity index (χ3n) is 4.85. The zero-order valence-corrected chi connectivity index (χ0v) is 15.2. The van der Waals surface area contributed by atoms with Crippen molar-refractivity contribution in [3.05, 3.63) is 65.1 Å². The maximum absolute atomic E-state index is 13.0. The van der Waals surface area contributed by atoms with Gasteiger partial charge in [0.1, 0.15) is 0 Å². The third-order valence-corrected chi connectivity index (χ3v) is 4.85. The van der Waals surface area contributed by atoms with Gasteiger partial charge >= 0.3 is 6.18 Å². The minimum absolute atomic E-state index is 0.216. The number of fused-ring (bicyclic) bond motifs is 2. The number of benzene rings is 1. The molecule has 1 aliphatic rings. The highest BCUT2D eigenvalue weighted by Gasteiger charge is 2.31. The number of nitrogens with one attached hydrogen (secondary N) is 1. The normalized spacial score (nSPS) is 15.0. The van der Waals surface area contributed by atoms with Gasteiger partial charge in [0, 0.05) is 26.3 Å². The Morgan fingerprint density at radius 3 is 2.68 bits per heavy atom. The Labute approximate surface area is 159 Å². The Morgan fingerprint density at radius 2 is 1.93 bits per heavy atom. The first-order chi connectivity index (χ1) is 13.5. The summed E-state index contributed by atoms with van der Waals surface area (Å²) >= 11 is 0. The second-order valence-electron chi connectivity index (χ2n) is 6.60. The van der Waals surface area contributed by atoms with Crippen LogP contribution in [0.4, 0.5) is 13.2 Å². The topological polar surface area (TPSA) is 57.8 Å². The van der Waals surface area contributed by atoms with Crippen LogP contribution in [-0.2, 0) is 25.7 Å². The summed E-state index contributed by atoms with van der Waals surface area (Å²) in [4.78, 5) is 6.43. The highest BCUT2D eigenvalue weighted by molar-refractivity contribution is 5.80. The molecule has 1 aliphatic heterocycles. The largest absolute Gasteiger partial charge is 0.417 e. The van der Waals surface area contributed by atoms with Gasteiger partial charge in [0.15, 0.2) is 17.4 Å². The number of alkyl halides is 3. The van der Waals surface area contributed by atoms with E-state index in [1.165, 1.54) is 21.6 Å². The van der Waals surface area contributed by atoms with Crippen LogP contribution < -0.4 is 5.32 Å². The van der Waals surface area contributed by atoms with Gasteiger partial charge in [0.25, 0.3) is 0 Å². The first-order valence-electron chi connectivity index (χ1n) is 8.89. The lowest BCUT2D eigenvalue weighted by atomic mass is 10.0. The first kappa shape index (κ1) is 18.3. The number of aromatic nitrogens is 3. The molecule has 0 saturated carbocycles. The van der Waals surface area contributed by atoms with Crippen molar-refractivity contribution in [1.29, 1.82) is 0 Å². The molecule has 28 heavy (non-hydrogen) atoms. The molecule has 0 fully saturated rings. The van der Waals surface area contributed by atoms with Crippen molar-refractivity contribution in [1.82, 2.24) is 24.8 Å². The van der Waals surface area contributed by atoms with Crippen LogP contribution >= 0.6 is 0 Å². The van der Waals surface area contributed by atoms with Crippen LogP contribution in [0.1, 0.15) is 22.5 Å². The lowest BCUT2D eigenvalue weighted by Crippen LogP contribution is -2.43. The molecule has 0 saturated heterocycles. The lowest BCUT2D eigenvalue weighted by Gasteiger charge is -2.31. The molecule has 0 amide bonds. The molecule has 0 atom stereocenters. The van der Waals surface area contributed by atoms with Gasteiger partial charge in [0.05, 0.1) is 12.1 Å². The Hall–Kier alpha value is -3.10. The van der Waals surface area contributed by atoms with Gasteiger partial charge in [-0.2, -0.15) is 13.2 Å². The average Bonchev–Trinajstić information content (AvgIpc) is 3.10. The van der Waals surface area contributed by atoms with Crippen LogP contribution in [0.15, 0.2) is 47.6 Å². The summed E-state index contributed by atoms with van der Waals surface area (Å²) < 4.78 is 40.3. The first-order valence-corrected chi connectivity index (χ1v) is 8.89. The number of rotatable bonds is 2. The number of hydrogen-bond acceptors (Lipinski definition) is 3. The molecule has 3 aromatic rings. The maximum atomic E-state index is 13.0. The molecule has 0 aliphatic carbocycles. The van der Waals surface area contributed by atoms with E-state index in [0.717, 1.165) is 31.8 Å². The Bertz CT molecular complexity index is 1020. The molecule has 0 spiro atoms. The number of pyridine rings is 1. The predicted octanol–water partition coefficient (Wildman–Crippen LogP) is 2.88. The number of nitrogens with zero attached hydrogens (tertiary/aromatic N) is 5. The molecule has 0 radical (unpaired) electrons. The highest BCUT2D eigenvalue weighted by atomic mass is 19.4. The van der Waals surface area contributed by atoms with Crippen molar-refractivity contribution in [3.8, 4) is 0 Å². The van der Waals surface area contributed by atoms with E-state index in [4.69, 9.17) is 0 Å². The number of hydrogen-bond donors (Lipinski definition) is 1. The second-order valence-corrected chi connectivity index (χ2v) is 6.60. The van der Waals surface area contributed by atoms with Crippen LogP contribution in [0.25, 0.3) is 5.65 Å². The monoisotopic (exact) mass is 388 g/mol. The van der Waals surface area contributed by atoms with E-state index in [0.29, 0.717) is 17.4 Å². The van der Waals surface area contributed by atoms with Crippen molar-refractivity contribution in [2.24, 2.45) is 4.99 Å². The van der Waals surface area contributed by atoms with Crippen LogP contribution in [0.5, 0.6) is 0 Å². The molecule has 0 bridgehead atoms. The fourth-order valence-corrected chi connectivity index (χ4v) is 3.39. The summed E-state index contributed by atoms with van der Waals surface area (Å²) in [5, 5.41) is 11.1. The van der Waals surface area contributed by atoms with Gasteiger partial charge in [0.2, 0.25) is 0 Å². The standard InChI is InChI=1S/C19H19F3N6/c1-23-18(27-9-8-13-4-2-3-5-14(13)11-27)24-10-17-26-25-16-7-6-15(12-28(16)17)19(20,21)22/h2-7,12H,8-11H2,1H3,(H,23,24). The Balaban J connectivity index is 1.50. The van der Waals surface area contributed by atoms with Gasteiger partial charge < -0.3 is 10.2 Å². The van der Waals surface area contributed by atoms with E-state index < -0.39 is 11.7 Å². The SMILES string of the molecule is CN=C(NCc1nnc2ccc(C(F)(F)F)cn12)N1CCc2ccccc2C1. The predicted molar refractivity (Wildman–Crippen MR) is 98.7 cm³/mol. The van der Waals surface area contributed by atoms with Gasteiger partial charge in [-0.3, -0.25) is 9.39 Å². The summed E-state index contributed by atoms with van der Waals surface area (Å²) in [6.07, 6.45) is -2.48. The third kappa shape index (κ3) is 3.51. The number of guanidine groups is 1. The van der Waals surface area contributed by atoms with Crippen molar-refractivity contribution in [3.63, 3.8) is 0 Å². The van der Waals surface area contributed by atoms with Crippen LogP contribution in [0.2, 0.25) is 0 Å². The van der Waals surface area contributed by atoms with E-state index in [1.807, 2.05) is 12.1 Å². The molecular formula is C19H19F3N6. The number of halogens is 3. The van der Waals surface area contributed by atoms with Gasteiger partial charge in [-0.05, 0) is 29.7 Å². The summed E-state index contributed by atoms with van der Waals surface area (Å²) in [5.41, 5.74) is 2.21. The number of aliphatic imine (C=N–C) groups is 1. The summed E-state index contributed by atoms with van der Waals surface area (Å²) in [6, 6.07) is 10.6. The quantitative estimate of drug-likeness (QED) is 0.542. The fourth-order valence-electron chi connectivity index (χ4n) is 3.39. The van der Waals surface area contributed by atoms with Crippen molar-refractivity contribution < 1.29 is 13.2 Å². The smallest absolute Gasteiger partial charge is 0.349 e. The molecule has 2 aromatic heterocycles. The van der Waals surface area contributed by atoms with E-state index >= 15 is 0 Å². The van der Waals surface area contributed by atoms with Crippen molar-refractivity contribution in [2.75, 3.05) is 13.6 Å². The van der Waals surface area contributed by atoms with Crippen molar-refractivity contribution >= 4 is 11.6 Å². The van der Waals surface area contributed by atoms with Crippen LogP contribution in [0, 0.1) is 0 Å². The van der Waals surface area contributed by atoms with Crippen LogP contribution in [-0.4, -0.2) is 39.0 Å². The van der Waals surface area contributed by atoms with E-state index in [9.17, 15) is 13.2 Å². The molecule has 4 rings (SSSR count). The molecule has 6 nitrogen and oxygen atoms in total. The molecule has 3 heterocycles. The van der Waals surface area contributed by atoms with E-state index in [1.54, 1.807) is 7.05 Å². The molecule has 1 aromatic carbocycles. The maximum Gasteiger partial charge on any atom is 0.417 e. The molecular weight excluding hydrogens is 369 g/mol. The summed E-state index contributed by atoms with van der Waals surface area (Å²) in [6.45, 7) is 1.76. The zero-order chi connectivity index (χ0) is 19.7. The van der Waals surface area contributed by atoms with E-state index in [2.05, 4.69) is 37.5 Å². The summed E-state index contributed by atoms with van der Waals surface area (Å²) in [5.74, 6) is 1.07. The highest BCUT2D eigenvalue weighted by Crippen LogP contribution is 2.29. The van der Waals surface area contributed by atoms with Gasteiger partial charge in [-0.1, -0.05) is 24.3 Å². The Morgan fingerprint density at radius 1 is 1.14 bits per heavy atom. The Kier molecular flexibility index (Phi) is 4.66. The minimum Gasteiger partial charge on any atom is -0.349 e. The second kappa shape index (κ2) is 7.14. The van der Waals surface area contributed by atoms with Gasteiger partial charge in [-0.25, -0.2) is 0 Å². The molecule has 146 valence electrons. The fraction of sp³-hybridized carbons (Fsp3) is 0.316.